The van der Waals surface area contributed by atoms with Crippen LogP contribution in [0.15, 0.2) is 29.3 Å². The molecule has 21 heavy (non-hydrogen) atoms. The third-order valence-electron chi connectivity index (χ3n) is 2.63. The smallest absolute Gasteiger partial charge is 0.212 e. The summed E-state index contributed by atoms with van der Waals surface area (Å²) in [6, 6.07) is 7.02. The topological polar surface area (TPSA) is 76.8 Å². The summed E-state index contributed by atoms with van der Waals surface area (Å²) in [6.45, 7) is 0.622. The molecule has 6 heteroatoms. The van der Waals surface area contributed by atoms with E-state index in [4.69, 9.17) is 14.6 Å². The quantitative estimate of drug-likeness (QED) is 0.377. The highest BCUT2D eigenvalue weighted by molar-refractivity contribution is 7.95. The number of nitrogens with zero attached hydrogens (tertiary/aromatic N) is 1. The molecular formula is C15H24NO4S+. The zero-order chi connectivity index (χ0) is 15.7. The summed E-state index contributed by atoms with van der Waals surface area (Å²) < 4.78 is 10.3. The molecular weight excluding hydrogens is 290 g/mol. The Bertz CT molecular complexity index is 434. The van der Waals surface area contributed by atoms with Crippen molar-refractivity contribution >= 4 is 22.5 Å². The van der Waals surface area contributed by atoms with Crippen molar-refractivity contribution in [1.82, 2.24) is 0 Å². The van der Waals surface area contributed by atoms with Crippen LogP contribution in [-0.4, -0.2) is 55.7 Å². The van der Waals surface area contributed by atoms with E-state index in [1.54, 1.807) is 31.4 Å². The van der Waals surface area contributed by atoms with Gasteiger partial charge in [0.25, 0.3) is 0 Å². The van der Waals surface area contributed by atoms with Gasteiger partial charge in [0, 0.05) is 13.5 Å². The van der Waals surface area contributed by atoms with Crippen LogP contribution in [0.4, 0.5) is 5.69 Å². The van der Waals surface area contributed by atoms with Crippen LogP contribution >= 0.6 is 0 Å². The SMILES string of the molecule is COC[C@@H]([OH2+])COc1ccc(N=C([O-])CC[S+](C)C)cc1. The van der Waals surface area contributed by atoms with Gasteiger partial charge in [0.2, 0.25) is 6.10 Å². The van der Waals surface area contributed by atoms with Crippen LogP contribution in [-0.2, 0) is 15.6 Å². The van der Waals surface area contributed by atoms with Crippen LogP contribution in [0.1, 0.15) is 6.42 Å². The Kier molecular flexibility index (Phi) is 8.19. The van der Waals surface area contributed by atoms with Crippen molar-refractivity contribution in [3.63, 3.8) is 0 Å². The van der Waals surface area contributed by atoms with Crippen LogP contribution in [0.2, 0.25) is 0 Å². The molecule has 0 saturated heterocycles. The van der Waals surface area contributed by atoms with Crippen molar-refractivity contribution in [2.24, 2.45) is 4.99 Å². The van der Waals surface area contributed by atoms with Gasteiger partial charge in [0.1, 0.15) is 18.1 Å². The first kappa shape index (κ1) is 17.8. The molecule has 5 nitrogen and oxygen atoms in total. The summed E-state index contributed by atoms with van der Waals surface area (Å²) in [4.78, 5) is 4.05. The molecule has 2 N–H and O–H groups in total. The monoisotopic (exact) mass is 314 g/mol. The van der Waals surface area contributed by atoms with E-state index in [0.717, 1.165) is 5.75 Å². The first-order valence-electron chi connectivity index (χ1n) is 6.73. The molecule has 118 valence electrons. The zero-order valence-corrected chi connectivity index (χ0v) is 13.6. The Morgan fingerprint density at radius 2 is 1.95 bits per heavy atom. The number of aliphatic imine (C=N–C) groups is 1. The Morgan fingerprint density at radius 3 is 2.52 bits per heavy atom. The average molecular weight is 314 g/mol. The Labute approximate surface area is 129 Å². The number of ether oxygens (including phenoxy) is 2. The minimum absolute atomic E-state index is 0.0869. The first-order chi connectivity index (χ1) is 10.0. The summed E-state index contributed by atoms with van der Waals surface area (Å²) in [6.07, 6.45) is 4.31. The minimum atomic E-state index is -0.405. The first-order valence-corrected chi connectivity index (χ1v) is 8.94. The lowest BCUT2D eigenvalue weighted by atomic mass is 10.3. The third-order valence-corrected chi connectivity index (χ3v) is 3.65. The summed E-state index contributed by atoms with van der Waals surface area (Å²) in [5.74, 6) is 1.46. The number of methoxy groups -OCH3 is 1. The second kappa shape index (κ2) is 9.65. The Morgan fingerprint density at radius 1 is 1.29 bits per heavy atom. The molecule has 0 bridgehead atoms. The number of hydrogen-bond acceptors (Lipinski definition) is 4. The number of rotatable bonds is 9. The molecule has 0 heterocycles. The van der Waals surface area contributed by atoms with Gasteiger partial charge in [0.15, 0.2) is 6.61 Å². The molecule has 0 radical (unpaired) electrons. The van der Waals surface area contributed by atoms with Crippen LogP contribution < -0.4 is 9.84 Å². The molecule has 0 fully saturated rings. The lowest BCUT2D eigenvalue weighted by Crippen LogP contribution is -2.22. The van der Waals surface area contributed by atoms with Crippen molar-refractivity contribution in [1.29, 1.82) is 0 Å². The standard InChI is InChI=1S/C15H23NO4S/c1-19-10-13(17)11-20-14-6-4-12(5-7-14)16-15(18)8-9-21(2)3/h4-7,13,17H,8-11H2,1-3H3/p+1/t13-/m1/s1. The van der Waals surface area contributed by atoms with Gasteiger partial charge in [-0.25, -0.2) is 0 Å². The van der Waals surface area contributed by atoms with Crippen molar-refractivity contribution in [2.75, 3.05) is 38.6 Å². The van der Waals surface area contributed by atoms with Gasteiger partial charge in [-0.3, -0.25) is 4.99 Å². The average Bonchev–Trinajstić information content (AvgIpc) is 2.45. The number of hydrogen-bond donors (Lipinski definition) is 0. The molecule has 1 rings (SSSR count). The molecule has 1 aromatic rings. The van der Waals surface area contributed by atoms with E-state index < -0.39 is 6.10 Å². The molecule has 0 amide bonds. The van der Waals surface area contributed by atoms with Crippen molar-refractivity contribution < 1.29 is 19.7 Å². The van der Waals surface area contributed by atoms with Crippen LogP contribution in [0.5, 0.6) is 5.75 Å². The predicted molar refractivity (Wildman–Crippen MR) is 87.0 cm³/mol. The van der Waals surface area contributed by atoms with Gasteiger partial charge in [-0.2, -0.15) is 0 Å². The molecule has 0 unspecified atom stereocenters. The minimum Gasteiger partial charge on any atom is -0.862 e. The van der Waals surface area contributed by atoms with Gasteiger partial charge in [-0.1, -0.05) is 0 Å². The highest BCUT2D eigenvalue weighted by Crippen LogP contribution is 2.18. The molecule has 0 aliphatic heterocycles. The molecule has 0 aliphatic carbocycles. The fraction of sp³-hybridized carbons (Fsp3) is 0.533. The molecule has 0 spiro atoms. The largest absolute Gasteiger partial charge is 0.862 e. The van der Waals surface area contributed by atoms with Crippen molar-refractivity contribution in [3.05, 3.63) is 24.3 Å². The lowest BCUT2D eigenvalue weighted by Gasteiger charge is -2.10. The van der Waals surface area contributed by atoms with Crippen molar-refractivity contribution in [2.45, 2.75) is 12.5 Å². The van der Waals surface area contributed by atoms with E-state index in [9.17, 15) is 5.11 Å². The molecule has 1 aromatic carbocycles. The van der Waals surface area contributed by atoms with E-state index in [-0.39, 0.29) is 23.4 Å². The van der Waals surface area contributed by atoms with Gasteiger partial charge in [-0.05, 0) is 41.1 Å². The fourth-order valence-electron chi connectivity index (χ4n) is 1.55. The van der Waals surface area contributed by atoms with Gasteiger partial charge in [0.05, 0.1) is 18.2 Å². The summed E-state index contributed by atoms with van der Waals surface area (Å²) in [5.41, 5.74) is 0.638. The summed E-state index contributed by atoms with van der Waals surface area (Å²) in [7, 11) is 1.83. The zero-order valence-electron chi connectivity index (χ0n) is 12.8. The van der Waals surface area contributed by atoms with E-state index in [1.807, 2.05) is 0 Å². The van der Waals surface area contributed by atoms with Gasteiger partial charge in [-0.15, -0.1) is 0 Å². The second-order valence-electron chi connectivity index (χ2n) is 4.90. The predicted octanol–water partition coefficient (Wildman–Crippen LogP) is 0.463. The van der Waals surface area contributed by atoms with Crippen LogP contribution in [0.25, 0.3) is 0 Å². The van der Waals surface area contributed by atoms with Crippen molar-refractivity contribution in [3.8, 4) is 5.75 Å². The highest BCUT2D eigenvalue weighted by atomic mass is 32.2. The number of benzene rings is 1. The molecule has 1 atom stereocenters. The third kappa shape index (κ3) is 7.94. The lowest BCUT2D eigenvalue weighted by molar-refractivity contribution is -0.217. The second-order valence-corrected chi connectivity index (χ2v) is 7.28. The summed E-state index contributed by atoms with van der Waals surface area (Å²) in [5, 5.41) is 19.3. The van der Waals surface area contributed by atoms with E-state index in [1.165, 1.54) is 0 Å². The van der Waals surface area contributed by atoms with Gasteiger partial charge < -0.3 is 19.7 Å². The fourth-order valence-corrected chi connectivity index (χ4v) is 2.14. The maximum absolute atomic E-state index is 11.7. The summed E-state index contributed by atoms with van der Waals surface area (Å²) >= 11 is 0. The molecule has 0 aliphatic rings. The maximum Gasteiger partial charge on any atom is 0.212 e. The molecule has 0 aromatic heterocycles. The normalized spacial score (nSPS) is 13.5. The Hall–Kier alpha value is -1.24. The Balaban J connectivity index is 2.48. The molecule has 0 saturated carbocycles. The van der Waals surface area contributed by atoms with Crippen LogP contribution in [0, 0.1) is 0 Å². The maximum atomic E-state index is 11.7. The van der Waals surface area contributed by atoms with E-state index in [0.29, 0.717) is 24.5 Å². The highest BCUT2D eigenvalue weighted by Gasteiger charge is 2.08. The van der Waals surface area contributed by atoms with Crippen LogP contribution in [0.3, 0.4) is 0 Å². The van der Waals surface area contributed by atoms with E-state index >= 15 is 0 Å². The van der Waals surface area contributed by atoms with E-state index in [2.05, 4.69) is 17.5 Å². The van der Waals surface area contributed by atoms with Gasteiger partial charge >= 0.3 is 0 Å².